The molecule has 1 N–H and O–H groups in total. The van der Waals surface area contributed by atoms with E-state index in [1.807, 2.05) is 44.2 Å². The van der Waals surface area contributed by atoms with Crippen LogP contribution < -0.4 is 5.32 Å². The van der Waals surface area contributed by atoms with Crippen LogP contribution in [-0.2, 0) is 6.54 Å². The zero-order valence-electron chi connectivity index (χ0n) is 18.2. The molecule has 0 aliphatic heterocycles. The van der Waals surface area contributed by atoms with Crippen LogP contribution in [0.3, 0.4) is 0 Å². The van der Waals surface area contributed by atoms with Gasteiger partial charge in [0.15, 0.2) is 5.65 Å². The zero-order valence-corrected chi connectivity index (χ0v) is 18.2. The monoisotopic (exact) mass is 440 g/mol. The molecule has 164 valence electrons. The molecule has 3 aromatic heterocycles. The fraction of sp³-hybridized carbons (Fsp3) is 0.120. The summed E-state index contributed by atoms with van der Waals surface area (Å²) in [5, 5.41) is 12.5. The third-order valence-electron chi connectivity index (χ3n) is 5.34. The number of hydrogen-bond donors (Lipinski definition) is 1. The van der Waals surface area contributed by atoms with Crippen LogP contribution >= 0.6 is 0 Å². The van der Waals surface area contributed by atoms with Gasteiger partial charge in [-0.2, -0.15) is 10.2 Å². The Kier molecular flexibility index (Phi) is 5.18. The molecule has 5 aromatic rings. The van der Waals surface area contributed by atoms with E-state index in [2.05, 4.69) is 20.5 Å². The molecule has 0 unspecified atom stereocenters. The summed E-state index contributed by atoms with van der Waals surface area (Å²) in [7, 11) is 0. The second-order valence-corrected chi connectivity index (χ2v) is 7.85. The predicted octanol–water partition coefficient (Wildman–Crippen LogP) is 4.67. The minimum absolute atomic E-state index is 0.272. The van der Waals surface area contributed by atoms with Crippen molar-refractivity contribution in [3.05, 3.63) is 101 Å². The van der Waals surface area contributed by atoms with E-state index in [0.29, 0.717) is 45.9 Å². The Balaban J connectivity index is 1.46. The van der Waals surface area contributed by atoms with Crippen LogP contribution in [0.2, 0.25) is 0 Å². The first kappa shape index (κ1) is 20.6. The van der Waals surface area contributed by atoms with Gasteiger partial charge in [-0.25, -0.2) is 14.1 Å². The molecule has 2 aromatic carbocycles. The molecule has 7 nitrogen and oxygen atoms in total. The number of fused-ring (bicyclic) bond motifs is 1. The maximum atomic E-state index is 13.4. The lowest BCUT2D eigenvalue weighted by molar-refractivity contribution is 0.102. The maximum absolute atomic E-state index is 13.4. The summed E-state index contributed by atoms with van der Waals surface area (Å²) in [5.74, 6) is -0.601. The quantitative estimate of drug-likeness (QED) is 0.431. The van der Waals surface area contributed by atoms with Gasteiger partial charge in [0, 0.05) is 11.9 Å². The van der Waals surface area contributed by atoms with Crippen LogP contribution in [0.5, 0.6) is 0 Å². The topological polar surface area (TPSA) is 77.6 Å². The standard InChI is InChI=1S/C25H21FN6O/c1-16-12-22(23-17(2)30-32(24(23)28-16)21-10-8-19(26)9-11-21)25(33)29-20-13-27-31(15-20)14-18-6-4-3-5-7-18/h3-13,15H,14H2,1-2H3,(H,29,33). The van der Waals surface area contributed by atoms with E-state index in [9.17, 15) is 9.18 Å². The molecule has 8 heteroatoms. The van der Waals surface area contributed by atoms with Crippen molar-refractivity contribution in [1.29, 1.82) is 0 Å². The molecule has 0 spiro atoms. The number of hydrogen-bond acceptors (Lipinski definition) is 4. The van der Waals surface area contributed by atoms with Crippen LogP contribution in [0.1, 0.15) is 27.3 Å². The minimum atomic E-state index is -0.330. The Morgan fingerprint density at radius 1 is 1.06 bits per heavy atom. The number of benzene rings is 2. The Bertz CT molecular complexity index is 1450. The third-order valence-corrected chi connectivity index (χ3v) is 5.34. The highest BCUT2D eigenvalue weighted by atomic mass is 19.1. The van der Waals surface area contributed by atoms with Gasteiger partial charge in [-0.1, -0.05) is 30.3 Å². The van der Waals surface area contributed by atoms with Gasteiger partial charge in [-0.3, -0.25) is 9.48 Å². The second kappa shape index (κ2) is 8.31. The summed E-state index contributed by atoms with van der Waals surface area (Å²) in [6.45, 7) is 4.26. The smallest absolute Gasteiger partial charge is 0.256 e. The van der Waals surface area contributed by atoms with Gasteiger partial charge < -0.3 is 5.32 Å². The average molecular weight is 440 g/mol. The molecular weight excluding hydrogens is 419 g/mol. The number of halogens is 1. The Hall–Kier alpha value is -4.33. The van der Waals surface area contributed by atoms with Crippen molar-refractivity contribution in [1.82, 2.24) is 24.5 Å². The highest BCUT2D eigenvalue weighted by Crippen LogP contribution is 2.26. The fourth-order valence-corrected chi connectivity index (χ4v) is 3.84. The lowest BCUT2D eigenvalue weighted by Gasteiger charge is -2.07. The van der Waals surface area contributed by atoms with Gasteiger partial charge in [0.2, 0.25) is 0 Å². The number of nitrogens with one attached hydrogen (secondary N) is 1. The van der Waals surface area contributed by atoms with Crippen molar-refractivity contribution in [2.75, 3.05) is 5.32 Å². The predicted molar refractivity (Wildman–Crippen MR) is 124 cm³/mol. The molecule has 0 atom stereocenters. The first-order chi connectivity index (χ1) is 16.0. The largest absolute Gasteiger partial charge is 0.319 e. The normalized spacial score (nSPS) is 11.1. The number of carbonyl (C=O) groups excluding carboxylic acids is 1. The highest BCUT2D eigenvalue weighted by Gasteiger charge is 2.20. The number of nitrogens with zero attached hydrogens (tertiary/aromatic N) is 5. The molecule has 0 fully saturated rings. The molecule has 0 aliphatic rings. The number of carbonyl (C=O) groups is 1. The number of anilines is 1. The molecule has 5 rings (SSSR count). The summed E-state index contributed by atoms with van der Waals surface area (Å²) in [6, 6.07) is 17.7. The Morgan fingerprint density at radius 3 is 2.58 bits per heavy atom. The number of aromatic nitrogens is 5. The lowest BCUT2D eigenvalue weighted by atomic mass is 10.1. The van der Waals surface area contributed by atoms with E-state index in [1.54, 1.807) is 40.0 Å². The average Bonchev–Trinajstić information content (AvgIpc) is 3.38. The molecule has 0 saturated heterocycles. The summed E-state index contributed by atoms with van der Waals surface area (Å²) >= 11 is 0. The van der Waals surface area contributed by atoms with E-state index < -0.39 is 0 Å². The molecule has 33 heavy (non-hydrogen) atoms. The molecule has 0 aliphatic carbocycles. The fourth-order valence-electron chi connectivity index (χ4n) is 3.84. The molecular formula is C25H21FN6O. The van der Waals surface area contributed by atoms with Gasteiger partial charge in [-0.05, 0) is 49.7 Å². The van der Waals surface area contributed by atoms with E-state index >= 15 is 0 Å². The van der Waals surface area contributed by atoms with Crippen molar-refractivity contribution in [2.45, 2.75) is 20.4 Å². The van der Waals surface area contributed by atoms with E-state index in [0.717, 1.165) is 5.56 Å². The van der Waals surface area contributed by atoms with Crippen LogP contribution in [-0.4, -0.2) is 30.5 Å². The first-order valence-corrected chi connectivity index (χ1v) is 10.5. The van der Waals surface area contributed by atoms with Gasteiger partial charge in [-0.15, -0.1) is 0 Å². The van der Waals surface area contributed by atoms with Gasteiger partial charge in [0.1, 0.15) is 5.82 Å². The second-order valence-electron chi connectivity index (χ2n) is 7.85. The van der Waals surface area contributed by atoms with Crippen molar-refractivity contribution >= 4 is 22.6 Å². The maximum Gasteiger partial charge on any atom is 0.256 e. The number of amides is 1. The van der Waals surface area contributed by atoms with Crippen LogP contribution in [0.15, 0.2) is 73.1 Å². The lowest BCUT2D eigenvalue weighted by Crippen LogP contribution is -2.13. The van der Waals surface area contributed by atoms with Crippen molar-refractivity contribution in [3.8, 4) is 5.69 Å². The van der Waals surface area contributed by atoms with E-state index in [-0.39, 0.29) is 11.7 Å². The van der Waals surface area contributed by atoms with Crippen LogP contribution in [0.25, 0.3) is 16.7 Å². The van der Waals surface area contributed by atoms with Gasteiger partial charge in [0.25, 0.3) is 5.91 Å². The Labute approximate surface area is 189 Å². The van der Waals surface area contributed by atoms with Gasteiger partial charge >= 0.3 is 0 Å². The number of rotatable bonds is 5. The van der Waals surface area contributed by atoms with Crippen LogP contribution in [0.4, 0.5) is 10.1 Å². The summed E-state index contributed by atoms with van der Waals surface area (Å²) in [4.78, 5) is 17.8. The molecule has 0 radical (unpaired) electrons. The van der Waals surface area contributed by atoms with Crippen molar-refractivity contribution in [3.63, 3.8) is 0 Å². The minimum Gasteiger partial charge on any atom is -0.319 e. The van der Waals surface area contributed by atoms with Crippen molar-refractivity contribution < 1.29 is 9.18 Å². The number of aryl methyl sites for hydroxylation is 2. The zero-order chi connectivity index (χ0) is 22.9. The molecule has 1 amide bonds. The molecule has 3 heterocycles. The molecule has 0 saturated carbocycles. The summed E-state index contributed by atoms with van der Waals surface area (Å²) < 4.78 is 16.8. The molecule has 0 bridgehead atoms. The van der Waals surface area contributed by atoms with Gasteiger partial charge in [0.05, 0.1) is 40.8 Å². The number of pyridine rings is 1. The Morgan fingerprint density at radius 2 is 1.82 bits per heavy atom. The summed E-state index contributed by atoms with van der Waals surface area (Å²) in [5.41, 5.74) is 4.74. The van der Waals surface area contributed by atoms with E-state index in [1.165, 1.54) is 12.1 Å². The van der Waals surface area contributed by atoms with Crippen molar-refractivity contribution in [2.24, 2.45) is 0 Å². The third kappa shape index (κ3) is 4.10. The van der Waals surface area contributed by atoms with E-state index in [4.69, 9.17) is 0 Å². The highest BCUT2D eigenvalue weighted by molar-refractivity contribution is 6.12. The SMILES string of the molecule is Cc1cc(C(=O)Nc2cnn(Cc3ccccc3)c2)c2c(C)nn(-c3ccc(F)cc3)c2n1. The summed E-state index contributed by atoms with van der Waals surface area (Å²) in [6.07, 6.45) is 3.42. The first-order valence-electron chi connectivity index (χ1n) is 10.5. The van der Waals surface area contributed by atoms with Crippen LogP contribution in [0, 0.1) is 19.7 Å².